The molecule has 2 aliphatic heterocycles. The lowest BCUT2D eigenvalue weighted by Gasteiger charge is -2.27. The Morgan fingerprint density at radius 3 is 2.56 bits per heavy atom. The van der Waals surface area contributed by atoms with Crippen molar-refractivity contribution in [1.82, 2.24) is 9.80 Å². The monoisotopic (exact) mass is 332 g/mol. The Morgan fingerprint density at radius 2 is 1.68 bits per heavy atom. The van der Waals surface area contributed by atoms with Crippen LogP contribution in [0.4, 0.5) is 0 Å². The fourth-order valence-electron chi connectivity index (χ4n) is 3.77. The Balaban J connectivity index is 1.46. The molecule has 0 N–H and O–H groups in total. The molecule has 0 spiro atoms. The van der Waals surface area contributed by atoms with Crippen LogP contribution in [0.15, 0.2) is 54.7 Å². The maximum Gasteiger partial charge on any atom is 0.187 e. The second-order valence-corrected chi connectivity index (χ2v) is 7.14. The number of fused-ring (bicyclic) bond motifs is 2. The minimum absolute atomic E-state index is 0.0925. The van der Waals surface area contributed by atoms with Gasteiger partial charge in [-0.05, 0) is 48.2 Å². The molecule has 0 bridgehead atoms. The number of hydrogen-bond donors (Lipinski definition) is 0. The summed E-state index contributed by atoms with van der Waals surface area (Å²) in [7, 11) is 2.13. The lowest BCUT2D eigenvalue weighted by atomic mass is 9.96. The average molecular weight is 332 g/mol. The maximum atomic E-state index is 12.6. The number of ketones is 1. The Hall–Kier alpha value is -2.39. The molecule has 2 aliphatic rings. The molecule has 4 rings (SSSR count). The van der Waals surface area contributed by atoms with E-state index in [2.05, 4.69) is 53.2 Å². The van der Waals surface area contributed by atoms with Crippen LogP contribution in [0, 0.1) is 0 Å². The van der Waals surface area contributed by atoms with Crippen LogP contribution in [0.25, 0.3) is 0 Å². The first-order valence-corrected chi connectivity index (χ1v) is 9.03. The Kier molecular flexibility index (Phi) is 4.41. The van der Waals surface area contributed by atoms with Crippen LogP contribution in [0.3, 0.4) is 0 Å². The average Bonchev–Trinajstić information content (AvgIpc) is 2.65. The van der Waals surface area contributed by atoms with Crippen LogP contribution in [0.5, 0.6) is 0 Å². The molecule has 0 fully saturated rings. The van der Waals surface area contributed by atoms with Gasteiger partial charge < -0.3 is 9.80 Å². The fourth-order valence-corrected chi connectivity index (χ4v) is 3.77. The SMILES string of the molecule is CN1CCc2ccc(C(=O)/C=C/N3CCc4ccccc4C3)cc2C1. The largest absolute Gasteiger partial charge is 0.373 e. The highest BCUT2D eigenvalue weighted by atomic mass is 16.1. The van der Waals surface area contributed by atoms with Gasteiger partial charge in [-0.15, -0.1) is 0 Å². The highest BCUT2D eigenvalue weighted by molar-refractivity contribution is 6.04. The van der Waals surface area contributed by atoms with Crippen molar-refractivity contribution >= 4 is 5.78 Å². The van der Waals surface area contributed by atoms with E-state index in [0.29, 0.717) is 0 Å². The molecule has 0 aliphatic carbocycles. The molecular formula is C22H24N2O. The summed E-state index contributed by atoms with van der Waals surface area (Å²) in [4.78, 5) is 17.1. The zero-order valence-electron chi connectivity index (χ0n) is 14.7. The number of likely N-dealkylation sites (N-methyl/N-ethyl adjacent to an activating group) is 1. The highest BCUT2D eigenvalue weighted by Gasteiger charge is 2.16. The molecule has 3 nitrogen and oxygen atoms in total. The lowest BCUT2D eigenvalue weighted by molar-refractivity contribution is 0.104. The molecule has 3 heteroatoms. The van der Waals surface area contributed by atoms with Gasteiger partial charge in [-0.2, -0.15) is 0 Å². The zero-order chi connectivity index (χ0) is 17.2. The Morgan fingerprint density at radius 1 is 0.920 bits per heavy atom. The van der Waals surface area contributed by atoms with E-state index in [1.165, 1.54) is 22.3 Å². The number of hydrogen-bond acceptors (Lipinski definition) is 3. The van der Waals surface area contributed by atoms with Gasteiger partial charge >= 0.3 is 0 Å². The molecule has 2 heterocycles. The predicted molar refractivity (Wildman–Crippen MR) is 101 cm³/mol. The summed E-state index contributed by atoms with van der Waals surface area (Å²) in [6, 6.07) is 14.7. The van der Waals surface area contributed by atoms with Gasteiger partial charge in [-0.25, -0.2) is 0 Å². The molecular weight excluding hydrogens is 308 g/mol. The van der Waals surface area contributed by atoms with Gasteiger partial charge in [0.1, 0.15) is 0 Å². The number of benzene rings is 2. The minimum atomic E-state index is 0.0925. The second kappa shape index (κ2) is 6.85. The summed E-state index contributed by atoms with van der Waals surface area (Å²) < 4.78 is 0. The molecule has 0 saturated carbocycles. The van der Waals surface area contributed by atoms with Crippen molar-refractivity contribution in [3.8, 4) is 0 Å². The topological polar surface area (TPSA) is 23.6 Å². The van der Waals surface area contributed by atoms with Gasteiger partial charge in [-0.1, -0.05) is 36.4 Å². The van der Waals surface area contributed by atoms with Crippen molar-refractivity contribution in [2.45, 2.75) is 25.9 Å². The third-order valence-corrected chi connectivity index (χ3v) is 5.29. The first-order valence-electron chi connectivity index (χ1n) is 9.03. The van der Waals surface area contributed by atoms with Crippen LogP contribution >= 0.6 is 0 Å². The normalized spacial score (nSPS) is 17.4. The molecule has 0 atom stereocenters. The third-order valence-electron chi connectivity index (χ3n) is 5.29. The van der Waals surface area contributed by atoms with Gasteiger partial charge in [-0.3, -0.25) is 4.79 Å². The first-order chi connectivity index (χ1) is 12.2. The van der Waals surface area contributed by atoms with Gasteiger partial charge in [0.05, 0.1) is 0 Å². The number of carbonyl (C=O) groups is 1. The molecule has 2 aromatic carbocycles. The van der Waals surface area contributed by atoms with E-state index in [1.807, 2.05) is 12.3 Å². The number of carbonyl (C=O) groups excluding carboxylic acids is 1. The molecule has 0 aromatic heterocycles. The molecule has 0 saturated heterocycles. The molecule has 2 aromatic rings. The predicted octanol–water partition coefficient (Wildman–Crippen LogP) is 3.43. The van der Waals surface area contributed by atoms with E-state index in [0.717, 1.165) is 44.6 Å². The summed E-state index contributed by atoms with van der Waals surface area (Å²) >= 11 is 0. The second-order valence-electron chi connectivity index (χ2n) is 7.14. The van der Waals surface area contributed by atoms with E-state index in [1.54, 1.807) is 6.08 Å². The van der Waals surface area contributed by atoms with Crippen molar-refractivity contribution in [2.24, 2.45) is 0 Å². The van der Waals surface area contributed by atoms with Crippen molar-refractivity contribution in [3.63, 3.8) is 0 Å². The van der Waals surface area contributed by atoms with Crippen LogP contribution < -0.4 is 0 Å². The summed E-state index contributed by atoms with van der Waals surface area (Å²) in [5.74, 6) is 0.0925. The van der Waals surface area contributed by atoms with Gasteiger partial charge in [0.2, 0.25) is 0 Å². The van der Waals surface area contributed by atoms with Crippen LogP contribution in [-0.2, 0) is 25.9 Å². The number of rotatable bonds is 3. The van der Waals surface area contributed by atoms with E-state index in [4.69, 9.17) is 0 Å². The summed E-state index contributed by atoms with van der Waals surface area (Å²) in [5, 5.41) is 0. The van der Waals surface area contributed by atoms with Gasteiger partial charge in [0, 0.05) is 44.0 Å². The van der Waals surface area contributed by atoms with Crippen LogP contribution in [0.2, 0.25) is 0 Å². The zero-order valence-corrected chi connectivity index (χ0v) is 14.7. The molecule has 0 radical (unpaired) electrons. The van der Waals surface area contributed by atoms with Crippen molar-refractivity contribution in [1.29, 1.82) is 0 Å². The van der Waals surface area contributed by atoms with Gasteiger partial charge in [0.15, 0.2) is 5.78 Å². The van der Waals surface area contributed by atoms with E-state index in [-0.39, 0.29) is 5.78 Å². The first kappa shape index (κ1) is 16.1. The Bertz CT molecular complexity index is 825. The van der Waals surface area contributed by atoms with E-state index in [9.17, 15) is 4.79 Å². The molecule has 25 heavy (non-hydrogen) atoms. The molecule has 0 amide bonds. The summed E-state index contributed by atoms with van der Waals surface area (Å²) in [6.45, 7) is 3.88. The summed E-state index contributed by atoms with van der Waals surface area (Å²) in [5.41, 5.74) is 6.26. The molecule has 128 valence electrons. The maximum absolute atomic E-state index is 12.6. The molecule has 0 unspecified atom stereocenters. The summed E-state index contributed by atoms with van der Waals surface area (Å²) in [6.07, 6.45) is 5.80. The third kappa shape index (κ3) is 3.52. The standard InChI is InChI=1S/C22H24N2O/c1-23-11-8-18-6-7-19(14-21(18)15-23)22(25)10-13-24-12-9-17-4-2-3-5-20(17)16-24/h2-7,10,13-14H,8-9,11-12,15-16H2,1H3/b13-10+. The van der Waals surface area contributed by atoms with E-state index < -0.39 is 0 Å². The van der Waals surface area contributed by atoms with Crippen molar-refractivity contribution in [2.75, 3.05) is 20.1 Å². The quantitative estimate of drug-likeness (QED) is 0.635. The Labute approximate surface area is 149 Å². The van der Waals surface area contributed by atoms with Crippen LogP contribution in [-0.4, -0.2) is 35.7 Å². The number of allylic oxidation sites excluding steroid dienone is 1. The smallest absolute Gasteiger partial charge is 0.187 e. The lowest BCUT2D eigenvalue weighted by Crippen LogP contribution is -2.26. The fraction of sp³-hybridized carbons (Fsp3) is 0.318. The minimum Gasteiger partial charge on any atom is -0.373 e. The van der Waals surface area contributed by atoms with E-state index >= 15 is 0 Å². The van der Waals surface area contributed by atoms with Crippen molar-refractivity contribution in [3.05, 3.63) is 82.6 Å². The highest BCUT2D eigenvalue weighted by Crippen LogP contribution is 2.21. The number of nitrogens with zero attached hydrogens (tertiary/aromatic N) is 2. The van der Waals surface area contributed by atoms with Crippen LogP contribution in [0.1, 0.15) is 32.6 Å². The van der Waals surface area contributed by atoms with Gasteiger partial charge in [0.25, 0.3) is 0 Å². The van der Waals surface area contributed by atoms with Crippen molar-refractivity contribution < 1.29 is 4.79 Å².